The molecule has 8 heteroatoms. The van der Waals surface area contributed by atoms with Crippen molar-refractivity contribution in [3.63, 3.8) is 0 Å². The first-order chi connectivity index (χ1) is 11.6. The number of halogens is 1. The smallest absolute Gasteiger partial charge is 0.203 e. The van der Waals surface area contributed by atoms with E-state index in [9.17, 15) is 0 Å². The Hall–Kier alpha value is -2.80. The van der Waals surface area contributed by atoms with Crippen molar-refractivity contribution in [3.05, 3.63) is 42.1 Å². The normalized spacial score (nSPS) is 10.5. The predicted molar refractivity (Wildman–Crippen MR) is 92.3 cm³/mol. The van der Waals surface area contributed by atoms with E-state index in [1.165, 1.54) is 0 Å². The van der Waals surface area contributed by atoms with Crippen LogP contribution in [0.15, 0.2) is 36.9 Å². The van der Waals surface area contributed by atoms with Gasteiger partial charge in [-0.1, -0.05) is 11.6 Å². The lowest BCUT2D eigenvalue weighted by Crippen LogP contribution is -1.98. The molecule has 0 fully saturated rings. The fraction of sp³-hybridized carbons (Fsp3) is 0.188. The zero-order valence-corrected chi connectivity index (χ0v) is 14.2. The molecule has 24 heavy (non-hydrogen) atoms. The van der Waals surface area contributed by atoms with Crippen LogP contribution < -0.4 is 19.5 Å². The highest BCUT2D eigenvalue weighted by molar-refractivity contribution is 6.29. The van der Waals surface area contributed by atoms with Crippen LogP contribution in [0.1, 0.15) is 0 Å². The number of aromatic nitrogens is 3. The zero-order chi connectivity index (χ0) is 17.1. The fourth-order valence-electron chi connectivity index (χ4n) is 2.33. The second-order valence-corrected chi connectivity index (χ2v) is 5.32. The number of H-pyrrole nitrogens is 1. The van der Waals surface area contributed by atoms with E-state index in [2.05, 4.69) is 15.3 Å². The van der Waals surface area contributed by atoms with Gasteiger partial charge in [-0.15, -0.1) is 0 Å². The van der Waals surface area contributed by atoms with Crippen molar-refractivity contribution in [3.8, 4) is 22.9 Å². The van der Waals surface area contributed by atoms with Gasteiger partial charge in [-0.3, -0.25) is 0 Å². The van der Waals surface area contributed by atoms with E-state index in [1.54, 1.807) is 39.9 Å². The molecule has 2 aromatic heterocycles. The van der Waals surface area contributed by atoms with E-state index >= 15 is 0 Å². The van der Waals surface area contributed by atoms with Crippen molar-refractivity contribution in [2.24, 2.45) is 0 Å². The Morgan fingerprint density at radius 3 is 2.33 bits per heavy atom. The Morgan fingerprint density at radius 1 is 1.08 bits per heavy atom. The Morgan fingerprint density at radius 2 is 1.79 bits per heavy atom. The van der Waals surface area contributed by atoms with Crippen LogP contribution in [0.3, 0.4) is 0 Å². The Bertz CT molecular complexity index is 818. The molecule has 0 aliphatic heterocycles. The number of imidazole rings is 1. The lowest BCUT2D eigenvalue weighted by Gasteiger charge is -2.14. The molecule has 0 saturated heterocycles. The minimum absolute atomic E-state index is 0.546. The number of benzene rings is 1. The van der Waals surface area contributed by atoms with Gasteiger partial charge < -0.3 is 29.1 Å². The minimum atomic E-state index is 0.546. The summed E-state index contributed by atoms with van der Waals surface area (Å²) in [7, 11) is 4.73. The molecule has 0 radical (unpaired) electrons. The number of hydrogen-bond acceptors (Lipinski definition) is 5. The van der Waals surface area contributed by atoms with Gasteiger partial charge in [0.1, 0.15) is 17.3 Å². The highest BCUT2D eigenvalue weighted by Gasteiger charge is 2.14. The molecule has 0 spiro atoms. The molecule has 1 aromatic carbocycles. The van der Waals surface area contributed by atoms with Crippen LogP contribution in [-0.2, 0) is 0 Å². The summed E-state index contributed by atoms with van der Waals surface area (Å²) in [4.78, 5) is 7.22. The molecule has 3 aromatic rings. The van der Waals surface area contributed by atoms with Crippen molar-refractivity contribution in [2.45, 2.75) is 0 Å². The second kappa shape index (κ2) is 6.76. The number of nitrogens with one attached hydrogen (secondary N) is 2. The van der Waals surface area contributed by atoms with Crippen molar-refractivity contribution < 1.29 is 14.2 Å². The Balaban J connectivity index is 1.92. The molecule has 126 valence electrons. The number of nitrogens with zero attached hydrogens (tertiary/aromatic N) is 2. The van der Waals surface area contributed by atoms with Gasteiger partial charge in [0.15, 0.2) is 11.5 Å². The molecule has 0 aliphatic carbocycles. The van der Waals surface area contributed by atoms with Crippen LogP contribution in [0, 0.1) is 0 Å². The molecule has 0 unspecified atom stereocenters. The Labute approximate surface area is 144 Å². The van der Waals surface area contributed by atoms with Crippen LogP contribution in [-0.4, -0.2) is 35.9 Å². The van der Waals surface area contributed by atoms with E-state index < -0.39 is 0 Å². The largest absolute Gasteiger partial charge is 0.493 e. The number of aromatic amines is 1. The van der Waals surface area contributed by atoms with E-state index in [4.69, 9.17) is 25.8 Å². The third-order valence-corrected chi connectivity index (χ3v) is 3.67. The number of rotatable bonds is 6. The average Bonchev–Trinajstić information content (AvgIpc) is 3.22. The molecule has 0 aliphatic rings. The molecule has 0 atom stereocenters. The van der Waals surface area contributed by atoms with Crippen LogP contribution in [0.2, 0.25) is 5.15 Å². The maximum Gasteiger partial charge on any atom is 0.203 e. The van der Waals surface area contributed by atoms with Crippen molar-refractivity contribution in [1.82, 2.24) is 14.5 Å². The third-order valence-electron chi connectivity index (χ3n) is 3.45. The van der Waals surface area contributed by atoms with Crippen molar-refractivity contribution in [2.75, 3.05) is 26.6 Å². The van der Waals surface area contributed by atoms with E-state index in [0.717, 1.165) is 11.4 Å². The van der Waals surface area contributed by atoms with Crippen molar-refractivity contribution in [1.29, 1.82) is 0 Å². The van der Waals surface area contributed by atoms with Gasteiger partial charge in [-0.2, -0.15) is 0 Å². The second-order valence-electron chi connectivity index (χ2n) is 4.91. The van der Waals surface area contributed by atoms with Gasteiger partial charge in [0.05, 0.1) is 38.9 Å². The van der Waals surface area contributed by atoms with E-state index in [-0.39, 0.29) is 0 Å². The lowest BCUT2D eigenvalue weighted by atomic mass is 10.2. The Kier molecular flexibility index (Phi) is 4.52. The van der Waals surface area contributed by atoms with Gasteiger partial charge >= 0.3 is 0 Å². The number of anilines is 2. The molecule has 3 rings (SSSR count). The highest BCUT2D eigenvalue weighted by atomic mass is 35.5. The summed E-state index contributed by atoms with van der Waals surface area (Å²) in [6.07, 6.45) is 5.31. The topological polar surface area (TPSA) is 73.3 Å². The average molecular weight is 349 g/mol. The first-order valence-corrected chi connectivity index (χ1v) is 7.47. The monoisotopic (exact) mass is 348 g/mol. The van der Waals surface area contributed by atoms with Crippen LogP contribution in [0.5, 0.6) is 17.2 Å². The summed E-state index contributed by atoms with van der Waals surface area (Å²) < 4.78 is 17.9. The molecule has 0 saturated carbocycles. The summed E-state index contributed by atoms with van der Waals surface area (Å²) in [6.45, 7) is 0. The summed E-state index contributed by atoms with van der Waals surface area (Å²) in [6, 6.07) is 5.47. The minimum Gasteiger partial charge on any atom is -0.493 e. The molecule has 2 N–H and O–H groups in total. The fourth-order valence-corrected chi connectivity index (χ4v) is 2.50. The molecule has 7 nitrogen and oxygen atoms in total. The summed E-state index contributed by atoms with van der Waals surface area (Å²) >= 11 is 5.86. The summed E-state index contributed by atoms with van der Waals surface area (Å²) in [5.74, 6) is 2.38. The molecular weight excluding hydrogens is 332 g/mol. The molecule has 2 heterocycles. The summed E-state index contributed by atoms with van der Waals surface area (Å²) in [5.41, 5.74) is 1.66. The highest BCUT2D eigenvalue weighted by Crippen LogP contribution is 2.39. The van der Waals surface area contributed by atoms with Gasteiger partial charge in [-0.05, 0) is 6.07 Å². The maximum atomic E-state index is 5.86. The maximum absolute atomic E-state index is 5.86. The molecule has 0 bridgehead atoms. The quantitative estimate of drug-likeness (QED) is 0.711. The van der Waals surface area contributed by atoms with Crippen LogP contribution >= 0.6 is 11.6 Å². The summed E-state index contributed by atoms with van der Waals surface area (Å²) in [5, 5.41) is 3.72. The lowest BCUT2D eigenvalue weighted by molar-refractivity contribution is 0.324. The van der Waals surface area contributed by atoms with Crippen molar-refractivity contribution >= 4 is 23.1 Å². The predicted octanol–water partition coefficient (Wildman–Crippen LogP) is 3.62. The zero-order valence-electron chi connectivity index (χ0n) is 13.5. The van der Waals surface area contributed by atoms with Gasteiger partial charge in [0.25, 0.3) is 0 Å². The standard InChI is InChI=1S/C16H17ClN4O3/c1-22-12-5-11(6-13(23-2)16(12)24-3)21-8-15(19-9-21)20-10-4-14(17)18-7-10/h4-9,18,20H,1-3H3. The first-order valence-electron chi connectivity index (χ1n) is 7.10. The number of hydrogen-bond donors (Lipinski definition) is 2. The molecular formula is C16H17ClN4O3. The number of methoxy groups -OCH3 is 3. The number of ether oxygens (including phenoxy) is 3. The van der Waals surface area contributed by atoms with E-state index in [0.29, 0.717) is 28.2 Å². The van der Waals surface area contributed by atoms with Crippen LogP contribution in [0.25, 0.3) is 5.69 Å². The first kappa shape index (κ1) is 16.1. The third kappa shape index (κ3) is 3.11. The SMILES string of the molecule is COc1cc(-n2cnc(Nc3c[nH]c(Cl)c3)c2)cc(OC)c1OC. The molecule has 0 amide bonds. The van der Waals surface area contributed by atoms with Gasteiger partial charge in [0.2, 0.25) is 5.75 Å². The van der Waals surface area contributed by atoms with E-state index in [1.807, 2.05) is 22.9 Å². The van der Waals surface area contributed by atoms with Gasteiger partial charge in [0, 0.05) is 18.3 Å². The van der Waals surface area contributed by atoms with Crippen LogP contribution in [0.4, 0.5) is 11.5 Å². The van der Waals surface area contributed by atoms with Gasteiger partial charge in [-0.25, -0.2) is 4.98 Å².